The SMILES string of the molecule is CCCCCCCCn1c(-c2ccc([N+](=O)[O-])cc2)cc(C(=O)O)c1C. The molecule has 26 heavy (non-hydrogen) atoms. The molecule has 0 amide bonds. The largest absolute Gasteiger partial charge is 0.478 e. The molecule has 0 bridgehead atoms. The summed E-state index contributed by atoms with van der Waals surface area (Å²) < 4.78 is 2.02. The molecule has 0 fully saturated rings. The topological polar surface area (TPSA) is 85.4 Å². The molecular weight excluding hydrogens is 332 g/mol. The van der Waals surface area contributed by atoms with Gasteiger partial charge in [-0.05, 0) is 37.1 Å². The molecule has 0 atom stereocenters. The van der Waals surface area contributed by atoms with Crippen molar-refractivity contribution < 1.29 is 14.8 Å². The second-order valence-corrected chi connectivity index (χ2v) is 6.56. The maximum atomic E-state index is 11.5. The third-order valence-electron chi connectivity index (χ3n) is 4.71. The molecule has 1 aromatic carbocycles. The molecule has 6 heteroatoms. The lowest BCUT2D eigenvalue weighted by atomic mass is 10.1. The third-order valence-corrected chi connectivity index (χ3v) is 4.71. The maximum absolute atomic E-state index is 11.5. The molecule has 0 aliphatic heterocycles. The highest BCUT2D eigenvalue weighted by Crippen LogP contribution is 2.28. The summed E-state index contributed by atoms with van der Waals surface area (Å²) in [6, 6.07) is 7.92. The Kier molecular flexibility index (Phi) is 6.95. The van der Waals surface area contributed by atoms with E-state index in [2.05, 4.69) is 6.92 Å². The normalized spacial score (nSPS) is 10.8. The van der Waals surface area contributed by atoms with Gasteiger partial charge in [0.25, 0.3) is 5.69 Å². The van der Waals surface area contributed by atoms with Gasteiger partial charge in [-0.1, -0.05) is 39.0 Å². The molecule has 0 saturated carbocycles. The van der Waals surface area contributed by atoms with Crippen LogP contribution in [0.15, 0.2) is 30.3 Å². The van der Waals surface area contributed by atoms with Crippen molar-refractivity contribution >= 4 is 11.7 Å². The van der Waals surface area contributed by atoms with Crippen LogP contribution in [-0.4, -0.2) is 20.6 Å². The highest BCUT2D eigenvalue weighted by Gasteiger charge is 2.18. The zero-order valence-electron chi connectivity index (χ0n) is 15.4. The molecule has 0 spiro atoms. The summed E-state index contributed by atoms with van der Waals surface area (Å²) >= 11 is 0. The smallest absolute Gasteiger partial charge is 0.337 e. The highest BCUT2D eigenvalue weighted by atomic mass is 16.6. The lowest BCUT2D eigenvalue weighted by molar-refractivity contribution is -0.384. The van der Waals surface area contributed by atoms with E-state index < -0.39 is 10.9 Å². The van der Waals surface area contributed by atoms with Crippen LogP contribution in [0.25, 0.3) is 11.3 Å². The minimum absolute atomic E-state index is 0.0259. The number of unbranched alkanes of at least 4 members (excludes halogenated alkanes) is 5. The van der Waals surface area contributed by atoms with Gasteiger partial charge in [0, 0.05) is 30.1 Å². The van der Waals surface area contributed by atoms with E-state index in [1.165, 1.54) is 37.8 Å². The lowest BCUT2D eigenvalue weighted by Crippen LogP contribution is -2.05. The first kappa shape index (κ1) is 19.7. The van der Waals surface area contributed by atoms with Crippen molar-refractivity contribution in [1.29, 1.82) is 0 Å². The van der Waals surface area contributed by atoms with Crippen molar-refractivity contribution in [3.05, 3.63) is 51.7 Å². The number of carbonyl (C=O) groups is 1. The van der Waals surface area contributed by atoms with E-state index in [1.54, 1.807) is 18.2 Å². The van der Waals surface area contributed by atoms with E-state index in [0.29, 0.717) is 0 Å². The Balaban J connectivity index is 2.22. The van der Waals surface area contributed by atoms with Crippen molar-refractivity contribution in [3.63, 3.8) is 0 Å². The molecule has 1 N–H and O–H groups in total. The highest BCUT2D eigenvalue weighted by molar-refractivity contribution is 5.91. The second kappa shape index (κ2) is 9.17. The maximum Gasteiger partial charge on any atom is 0.337 e. The minimum atomic E-state index is -0.952. The van der Waals surface area contributed by atoms with Crippen molar-refractivity contribution in [1.82, 2.24) is 4.57 Å². The van der Waals surface area contributed by atoms with Gasteiger partial charge in [0.1, 0.15) is 0 Å². The van der Waals surface area contributed by atoms with Gasteiger partial charge in [-0.25, -0.2) is 4.79 Å². The zero-order chi connectivity index (χ0) is 19.1. The summed E-state index contributed by atoms with van der Waals surface area (Å²) in [6.45, 7) is 4.75. The van der Waals surface area contributed by atoms with Crippen LogP contribution in [0.3, 0.4) is 0 Å². The van der Waals surface area contributed by atoms with E-state index in [1.807, 2.05) is 11.5 Å². The van der Waals surface area contributed by atoms with Crippen LogP contribution < -0.4 is 0 Å². The number of carboxylic acids is 1. The molecule has 140 valence electrons. The van der Waals surface area contributed by atoms with Gasteiger partial charge in [-0.15, -0.1) is 0 Å². The van der Waals surface area contributed by atoms with Crippen molar-refractivity contribution in [2.45, 2.75) is 58.9 Å². The number of nitrogens with zero attached hydrogens (tertiary/aromatic N) is 2. The number of aromatic carboxylic acids is 1. The number of hydrogen-bond donors (Lipinski definition) is 1. The fourth-order valence-corrected chi connectivity index (χ4v) is 3.19. The Morgan fingerprint density at radius 1 is 1.12 bits per heavy atom. The number of rotatable bonds is 10. The fourth-order valence-electron chi connectivity index (χ4n) is 3.19. The number of nitro groups is 1. The Hall–Kier alpha value is -2.63. The molecule has 0 aliphatic carbocycles. The number of aromatic nitrogens is 1. The molecule has 2 aromatic rings. The van der Waals surface area contributed by atoms with E-state index in [0.717, 1.165) is 36.3 Å². The first-order chi connectivity index (χ1) is 12.5. The average Bonchev–Trinajstić information content (AvgIpc) is 2.95. The van der Waals surface area contributed by atoms with E-state index in [9.17, 15) is 20.0 Å². The Morgan fingerprint density at radius 3 is 2.31 bits per heavy atom. The van der Waals surface area contributed by atoms with Crippen LogP contribution in [0, 0.1) is 17.0 Å². The first-order valence-corrected chi connectivity index (χ1v) is 9.14. The number of nitro benzene ring substituents is 1. The van der Waals surface area contributed by atoms with Crippen LogP contribution in [0.2, 0.25) is 0 Å². The number of hydrogen-bond acceptors (Lipinski definition) is 3. The Morgan fingerprint density at radius 2 is 1.73 bits per heavy atom. The zero-order valence-corrected chi connectivity index (χ0v) is 15.4. The molecule has 0 unspecified atom stereocenters. The summed E-state index contributed by atoms with van der Waals surface area (Å²) in [5, 5.41) is 20.3. The summed E-state index contributed by atoms with van der Waals surface area (Å²) in [5.74, 6) is -0.952. The summed E-state index contributed by atoms with van der Waals surface area (Å²) in [6.07, 6.45) is 6.98. The van der Waals surface area contributed by atoms with Crippen molar-refractivity contribution in [2.24, 2.45) is 0 Å². The molecular formula is C20H26N2O4. The molecule has 2 rings (SSSR count). The molecule has 0 radical (unpaired) electrons. The quantitative estimate of drug-likeness (QED) is 0.348. The Labute approximate surface area is 153 Å². The monoisotopic (exact) mass is 358 g/mol. The molecule has 0 saturated heterocycles. The van der Waals surface area contributed by atoms with Gasteiger partial charge in [0.15, 0.2) is 0 Å². The van der Waals surface area contributed by atoms with Crippen LogP contribution in [-0.2, 0) is 6.54 Å². The molecule has 0 aliphatic rings. The molecule has 1 heterocycles. The first-order valence-electron chi connectivity index (χ1n) is 9.14. The predicted octanol–water partition coefficient (Wildman–Crippen LogP) is 5.43. The van der Waals surface area contributed by atoms with Gasteiger partial charge in [0.2, 0.25) is 0 Å². The van der Waals surface area contributed by atoms with E-state index in [-0.39, 0.29) is 11.3 Å². The van der Waals surface area contributed by atoms with E-state index in [4.69, 9.17) is 0 Å². The third kappa shape index (κ3) is 4.71. The van der Waals surface area contributed by atoms with Crippen LogP contribution >= 0.6 is 0 Å². The van der Waals surface area contributed by atoms with Gasteiger partial charge >= 0.3 is 5.97 Å². The fraction of sp³-hybridized carbons (Fsp3) is 0.450. The lowest BCUT2D eigenvalue weighted by Gasteiger charge is -2.12. The number of non-ortho nitro benzene ring substituents is 1. The van der Waals surface area contributed by atoms with Crippen molar-refractivity contribution in [3.8, 4) is 11.3 Å². The predicted molar refractivity (Wildman–Crippen MR) is 102 cm³/mol. The van der Waals surface area contributed by atoms with Crippen LogP contribution in [0.1, 0.15) is 61.5 Å². The summed E-state index contributed by atoms with van der Waals surface area (Å²) in [4.78, 5) is 21.9. The average molecular weight is 358 g/mol. The van der Waals surface area contributed by atoms with Gasteiger partial charge in [0.05, 0.1) is 10.5 Å². The number of carboxylic acid groups (broad SMARTS) is 1. The van der Waals surface area contributed by atoms with Crippen LogP contribution in [0.4, 0.5) is 5.69 Å². The van der Waals surface area contributed by atoms with Crippen molar-refractivity contribution in [2.75, 3.05) is 0 Å². The van der Waals surface area contributed by atoms with Gasteiger partial charge < -0.3 is 9.67 Å². The minimum Gasteiger partial charge on any atom is -0.478 e. The molecule has 6 nitrogen and oxygen atoms in total. The summed E-state index contributed by atoms with van der Waals surface area (Å²) in [5.41, 5.74) is 2.61. The van der Waals surface area contributed by atoms with Crippen LogP contribution in [0.5, 0.6) is 0 Å². The van der Waals surface area contributed by atoms with E-state index >= 15 is 0 Å². The summed E-state index contributed by atoms with van der Waals surface area (Å²) in [7, 11) is 0. The standard InChI is InChI=1S/C20H26N2O4/c1-3-4-5-6-7-8-13-21-15(2)18(20(23)24)14-19(21)16-9-11-17(12-10-16)22(25)26/h9-12,14H,3-8,13H2,1-2H3,(H,23,24). The number of benzene rings is 1. The molecule has 1 aromatic heterocycles. The van der Waals surface area contributed by atoms with Gasteiger partial charge in [-0.2, -0.15) is 0 Å². The second-order valence-electron chi connectivity index (χ2n) is 6.56. The van der Waals surface area contributed by atoms with Gasteiger partial charge in [-0.3, -0.25) is 10.1 Å². The Bertz CT molecular complexity index is 763.